The number of fused-ring (bicyclic) bond motifs is 4. The van der Waals surface area contributed by atoms with Gasteiger partial charge in [-0.25, -0.2) is 0 Å². The van der Waals surface area contributed by atoms with Gasteiger partial charge < -0.3 is 5.11 Å². The van der Waals surface area contributed by atoms with Crippen molar-refractivity contribution in [2.75, 3.05) is 10.3 Å². The highest BCUT2D eigenvalue weighted by Gasteiger charge is 2.70. The lowest BCUT2D eigenvalue weighted by atomic mass is 9.49. The Kier molecular flexibility index (Phi) is 7.14. The van der Waals surface area contributed by atoms with Crippen LogP contribution in [0.5, 0.6) is 5.75 Å². The normalized spacial score (nSPS) is 27.8. The van der Waals surface area contributed by atoms with Gasteiger partial charge in [-0.15, -0.1) is 0 Å². The van der Waals surface area contributed by atoms with Crippen molar-refractivity contribution in [2.24, 2.45) is 23.7 Å². The molecule has 4 amide bonds. The molecule has 2 N–H and O–H groups in total. The van der Waals surface area contributed by atoms with Crippen molar-refractivity contribution >= 4 is 50.9 Å². The number of imide groups is 2. The third kappa shape index (κ3) is 4.40. The molecule has 9 heteroatoms. The molecule has 0 bridgehead atoms. The molecule has 4 aromatic carbocycles. The van der Waals surface area contributed by atoms with Crippen LogP contribution in [0.2, 0.25) is 0 Å². The first-order chi connectivity index (χ1) is 23.2. The van der Waals surface area contributed by atoms with Crippen LogP contribution in [0.25, 0.3) is 0 Å². The molecule has 3 fully saturated rings. The molecule has 240 valence electrons. The number of rotatable bonds is 5. The molecule has 2 heterocycles. The second-order valence-electron chi connectivity index (χ2n) is 13.2. The maximum Gasteiger partial charge on any atom is 0.260 e. The second kappa shape index (κ2) is 11.3. The van der Waals surface area contributed by atoms with Crippen LogP contribution >= 0.6 is 15.9 Å². The fourth-order valence-electron chi connectivity index (χ4n) is 8.63. The Hall–Kier alpha value is -5.02. The van der Waals surface area contributed by atoms with E-state index in [2.05, 4.69) is 21.4 Å². The van der Waals surface area contributed by atoms with E-state index in [0.29, 0.717) is 23.4 Å². The summed E-state index contributed by atoms with van der Waals surface area (Å²) in [4.78, 5) is 59.3. The Morgan fingerprint density at radius 3 is 2.17 bits per heavy atom. The molecule has 2 saturated heterocycles. The minimum atomic E-state index is -1.35. The first kappa shape index (κ1) is 30.3. The first-order valence-corrected chi connectivity index (χ1v) is 16.9. The highest BCUT2D eigenvalue weighted by Crippen LogP contribution is 2.64. The number of phenols is 1. The van der Waals surface area contributed by atoms with Gasteiger partial charge in [-0.05, 0) is 85.3 Å². The predicted molar refractivity (Wildman–Crippen MR) is 184 cm³/mol. The summed E-state index contributed by atoms with van der Waals surface area (Å²) in [5, 5.41) is 11.4. The first-order valence-electron chi connectivity index (χ1n) is 16.1. The van der Waals surface area contributed by atoms with Crippen LogP contribution in [-0.4, -0.2) is 33.7 Å². The number of amides is 4. The summed E-state index contributed by atoms with van der Waals surface area (Å²) in [6.45, 7) is 1.97. The third-order valence-corrected chi connectivity index (χ3v) is 11.2. The lowest BCUT2D eigenvalue weighted by Gasteiger charge is -2.50. The van der Waals surface area contributed by atoms with E-state index in [1.165, 1.54) is 4.90 Å². The van der Waals surface area contributed by atoms with Gasteiger partial charge in [-0.1, -0.05) is 87.7 Å². The van der Waals surface area contributed by atoms with E-state index in [1.54, 1.807) is 48.5 Å². The number of benzene rings is 4. The molecule has 0 aromatic heterocycles. The van der Waals surface area contributed by atoms with E-state index in [0.717, 1.165) is 26.2 Å². The fourth-order valence-corrected chi connectivity index (χ4v) is 8.90. The van der Waals surface area contributed by atoms with Gasteiger partial charge in [0.1, 0.15) is 5.75 Å². The largest absolute Gasteiger partial charge is 0.508 e. The van der Waals surface area contributed by atoms with Crippen LogP contribution in [0.15, 0.2) is 119 Å². The summed E-state index contributed by atoms with van der Waals surface area (Å²) < 4.78 is 0.834. The molecule has 4 aliphatic rings. The van der Waals surface area contributed by atoms with Crippen molar-refractivity contribution in [1.82, 2.24) is 5.01 Å². The number of hydrazine groups is 1. The van der Waals surface area contributed by atoms with E-state index in [4.69, 9.17) is 0 Å². The summed E-state index contributed by atoms with van der Waals surface area (Å²) in [5.74, 6) is -4.42. The average Bonchev–Trinajstić information content (AvgIpc) is 3.48. The quantitative estimate of drug-likeness (QED) is 0.178. The molecule has 8 rings (SSSR count). The van der Waals surface area contributed by atoms with Crippen molar-refractivity contribution in [1.29, 1.82) is 0 Å². The Bertz CT molecular complexity index is 1990. The SMILES string of the molecule is Cc1ccc(NN2C(=O)C3CC4C(=CCC5C(=O)N(c6ccc(Br)cc6)C(=O)C54)C(c4ccc(O)cc4)C3(c3ccccc3)C2=O)cc1. The minimum Gasteiger partial charge on any atom is -0.508 e. The monoisotopic (exact) mass is 701 g/mol. The summed E-state index contributed by atoms with van der Waals surface area (Å²) in [5.41, 5.74) is 6.24. The van der Waals surface area contributed by atoms with Crippen LogP contribution in [0.3, 0.4) is 0 Å². The zero-order chi connectivity index (χ0) is 33.3. The number of halogens is 1. The number of carbonyl (C=O) groups excluding carboxylic acids is 4. The minimum absolute atomic E-state index is 0.0762. The molecular formula is C39H32BrN3O5. The molecule has 2 aliphatic heterocycles. The van der Waals surface area contributed by atoms with Gasteiger partial charge in [0.15, 0.2) is 0 Å². The molecule has 0 spiro atoms. The van der Waals surface area contributed by atoms with Crippen LogP contribution in [0.1, 0.15) is 35.4 Å². The number of anilines is 2. The third-order valence-electron chi connectivity index (χ3n) is 10.7. The van der Waals surface area contributed by atoms with E-state index in [-0.39, 0.29) is 35.8 Å². The van der Waals surface area contributed by atoms with E-state index in [9.17, 15) is 19.5 Å². The maximum atomic E-state index is 15.1. The van der Waals surface area contributed by atoms with Gasteiger partial charge in [0, 0.05) is 10.4 Å². The standard InChI is InChI=1S/C39H32BrN3O5/c1-22-7-13-26(14-8-22)41-43-36(46)32-21-31-29(19-20-30-33(31)37(47)42(35(30)45)27-15-11-25(40)12-16-27)34(23-9-17-28(44)18-10-23)39(32,38(43)48)24-5-3-2-4-6-24/h2-19,30-34,41,44H,20-21H2,1H3. The van der Waals surface area contributed by atoms with Gasteiger partial charge >= 0.3 is 0 Å². The summed E-state index contributed by atoms with van der Waals surface area (Å²) in [6, 6.07) is 30.7. The summed E-state index contributed by atoms with van der Waals surface area (Å²) in [7, 11) is 0. The van der Waals surface area contributed by atoms with E-state index < -0.39 is 35.0 Å². The molecular weight excluding hydrogens is 670 g/mol. The lowest BCUT2D eigenvalue weighted by molar-refractivity contribution is -0.138. The lowest BCUT2D eigenvalue weighted by Crippen LogP contribution is -2.53. The van der Waals surface area contributed by atoms with Gasteiger partial charge in [0.05, 0.1) is 34.5 Å². The number of carbonyl (C=O) groups is 4. The summed E-state index contributed by atoms with van der Waals surface area (Å²) in [6.07, 6.45) is 2.60. The number of aromatic hydroxyl groups is 1. The predicted octanol–water partition coefficient (Wildman–Crippen LogP) is 6.65. The van der Waals surface area contributed by atoms with Crippen LogP contribution < -0.4 is 10.3 Å². The van der Waals surface area contributed by atoms with Crippen molar-refractivity contribution in [3.8, 4) is 5.75 Å². The highest BCUT2D eigenvalue weighted by atomic mass is 79.9. The van der Waals surface area contributed by atoms with E-state index >= 15 is 4.79 Å². The molecule has 6 atom stereocenters. The van der Waals surface area contributed by atoms with Crippen LogP contribution in [0, 0.1) is 30.6 Å². The van der Waals surface area contributed by atoms with Gasteiger partial charge in [0.25, 0.3) is 11.8 Å². The van der Waals surface area contributed by atoms with Gasteiger partial charge in [0.2, 0.25) is 11.8 Å². The number of nitrogens with one attached hydrogen (secondary N) is 1. The van der Waals surface area contributed by atoms with Gasteiger partial charge in [-0.3, -0.25) is 29.5 Å². The summed E-state index contributed by atoms with van der Waals surface area (Å²) >= 11 is 3.43. The Morgan fingerprint density at radius 2 is 1.48 bits per heavy atom. The molecule has 0 radical (unpaired) electrons. The van der Waals surface area contributed by atoms with Crippen LogP contribution in [-0.2, 0) is 24.6 Å². The number of phenolic OH excluding ortho intramolecular Hbond substituents is 1. The number of allylic oxidation sites excluding steroid dienone is 2. The molecule has 48 heavy (non-hydrogen) atoms. The van der Waals surface area contributed by atoms with Crippen molar-refractivity contribution in [3.05, 3.63) is 136 Å². The van der Waals surface area contributed by atoms with E-state index in [1.807, 2.05) is 67.6 Å². The number of nitrogens with zero attached hydrogens (tertiary/aromatic N) is 2. The Morgan fingerprint density at radius 1 is 0.792 bits per heavy atom. The Labute approximate surface area is 286 Å². The molecule has 1 saturated carbocycles. The molecule has 4 aromatic rings. The zero-order valence-electron chi connectivity index (χ0n) is 26.0. The van der Waals surface area contributed by atoms with Crippen molar-refractivity contribution in [3.63, 3.8) is 0 Å². The average molecular weight is 703 g/mol. The van der Waals surface area contributed by atoms with Crippen molar-refractivity contribution in [2.45, 2.75) is 31.1 Å². The zero-order valence-corrected chi connectivity index (χ0v) is 27.6. The molecule has 8 nitrogen and oxygen atoms in total. The van der Waals surface area contributed by atoms with Crippen molar-refractivity contribution < 1.29 is 24.3 Å². The maximum absolute atomic E-state index is 15.1. The van der Waals surface area contributed by atoms with Gasteiger partial charge in [-0.2, -0.15) is 5.01 Å². The number of hydrogen-bond acceptors (Lipinski definition) is 6. The molecule has 2 aliphatic carbocycles. The molecule has 6 unspecified atom stereocenters. The van der Waals surface area contributed by atoms with Crippen LogP contribution in [0.4, 0.5) is 11.4 Å². The number of hydrogen-bond donors (Lipinski definition) is 2. The topological polar surface area (TPSA) is 107 Å². The highest BCUT2D eigenvalue weighted by molar-refractivity contribution is 9.10. The Balaban J connectivity index is 1.30. The fraction of sp³-hybridized carbons (Fsp3) is 0.231. The second-order valence-corrected chi connectivity index (χ2v) is 14.1. The number of aryl methyl sites for hydroxylation is 1. The smallest absolute Gasteiger partial charge is 0.260 e.